The first-order valence-electron chi connectivity index (χ1n) is 7.53. The van der Waals surface area contributed by atoms with E-state index in [1.54, 1.807) is 12.3 Å². The zero-order chi connectivity index (χ0) is 16.5. The molecule has 0 aliphatic carbocycles. The molecule has 0 unspecified atom stereocenters. The number of benzene rings is 2. The summed E-state index contributed by atoms with van der Waals surface area (Å²) in [7, 11) is 0. The monoisotopic (exact) mass is 381 g/mol. The molecule has 0 atom stereocenters. The zero-order valence-electron chi connectivity index (χ0n) is 12.6. The maximum atomic E-state index is 13.4. The Bertz CT molecular complexity index is 1010. The lowest BCUT2D eigenvalue weighted by molar-refractivity contribution is 0.628. The second-order valence-electron chi connectivity index (χ2n) is 5.55. The second-order valence-corrected chi connectivity index (χ2v) is 6.47. The van der Waals surface area contributed by atoms with Gasteiger partial charge in [-0.2, -0.15) is 0 Å². The lowest BCUT2D eigenvalue weighted by Gasteiger charge is -2.02. The largest absolute Gasteiger partial charge is 0.338 e. The standard InChI is InChI=1S/C19H13BrFN3/c20-14-6-4-12(5-7-14)10-17-18-16(8-9-22-17)23-19(24-18)13-2-1-3-15(21)11-13/h1-9,11H,10H2,(H,23,24). The number of imidazole rings is 1. The highest BCUT2D eigenvalue weighted by Gasteiger charge is 2.11. The van der Waals surface area contributed by atoms with Crippen molar-refractivity contribution in [1.82, 2.24) is 15.0 Å². The third-order valence-corrected chi connectivity index (χ3v) is 4.39. The molecule has 2 aromatic carbocycles. The van der Waals surface area contributed by atoms with Crippen LogP contribution >= 0.6 is 15.9 Å². The average molecular weight is 382 g/mol. The summed E-state index contributed by atoms with van der Waals surface area (Å²) in [6.45, 7) is 0. The van der Waals surface area contributed by atoms with E-state index < -0.39 is 0 Å². The fourth-order valence-corrected chi connectivity index (χ4v) is 2.95. The first-order valence-corrected chi connectivity index (χ1v) is 8.32. The Morgan fingerprint density at radius 2 is 1.88 bits per heavy atom. The smallest absolute Gasteiger partial charge is 0.138 e. The molecule has 0 saturated heterocycles. The molecule has 1 N–H and O–H groups in total. The number of halogens is 2. The summed E-state index contributed by atoms with van der Waals surface area (Å²) >= 11 is 3.44. The van der Waals surface area contributed by atoms with Gasteiger partial charge < -0.3 is 4.98 Å². The number of aromatic nitrogens is 3. The van der Waals surface area contributed by atoms with Crippen molar-refractivity contribution in [3.63, 3.8) is 0 Å². The summed E-state index contributed by atoms with van der Waals surface area (Å²) < 4.78 is 14.5. The average Bonchev–Trinajstić information content (AvgIpc) is 3.02. The highest BCUT2D eigenvalue weighted by molar-refractivity contribution is 9.10. The van der Waals surface area contributed by atoms with Crippen LogP contribution in [0.2, 0.25) is 0 Å². The van der Waals surface area contributed by atoms with E-state index in [-0.39, 0.29) is 5.82 Å². The molecule has 0 radical (unpaired) electrons. The Morgan fingerprint density at radius 3 is 2.67 bits per heavy atom. The van der Waals surface area contributed by atoms with Crippen LogP contribution in [0.15, 0.2) is 65.3 Å². The number of rotatable bonds is 3. The molecule has 5 heteroatoms. The lowest BCUT2D eigenvalue weighted by Crippen LogP contribution is -1.93. The van der Waals surface area contributed by atoms with Crippen molar-refractivity contribution in [1.29, 1.82) is 0 Å². The summed E-state index contributed by atoms with van der Waals surface area (Å²) in [5.41, 5.74) is 4.50. The van der Waals surface area contributed by atoms with Crippen molar-refractivity contribution < 1.29 is 4.39 Å². The Kier molecular flexibility index (Phi) is 3.86. The molecule has 0 bridgehead atoms. The van der Waals surface area contributed by atoms with E-state index in [0.29, 0.717) is 12.2 Å². The highest BCUT2D eigenvalue weighted by atomic mass is 79.9. The first-order chi connectivity index (χ1) is 11.7. The van der Waals surface area contributed by atoms with Crippen LogP contribution in [0, 0.1) is 5.82 Å². The normalized spacial score (nSPS) is 11.1. The predicted molar refractivity (Wildman–Crippen MR) is 96.2 cm³/mol. The molecule has 24 heavy (non-hydrogen) atoms. The van der Waals surface area contributed by atoms with E-state index in [0.717, 1.165) is 32.3 Å². The quantitative estimate of drug-likeness (QED) is 0.535. The maximum Gasteiger partial charge on any atom is 0.138 e. The molecule has 3 nitrogen and oxygen atoms in total. The molecule has 0 amide bonds. The van der Waals surface area contributed by atoms with Gasteiger partial charge in [-0.1, -0.05) is 40.2 Å². The number of nitrogens with zero attached hydrogens (tertiary/aromatic N) is 2. The van der Waals surface area contributed by atoms with Gasteiger partial charge in [-0.25, -0.2) is 9.37 Å². The first kappa shape index (κ1) is 15.0. The van der Waals surface area contributed by atoms with Gasteiger partial charge in [-0.3, -0.25) is 4.98 Å². The van der Waals surface area contributed by atoms with Crippen molar-refractivity contribution in [3.8, 4) is 11.4 Å². The number of H-pyrrole nitrogens is 1. The van der Waals surface area contributed by atoms with E-state index in [4.69, 9.17) is 0 Å². The van der Waals surface area contributed by atoms with E-state index in [9.17, 15) is 4.39 Å². The van der Waals surface area contributed by atoms with Gasteiger partial charge in [0.05, 0.1) is 11.2 Å². The number of pyridine rings is 1. The molecule has 2 heterocycles. The molecule has 0 aliphatic heterocycles. The molecule has 2 aromatic heterocycles. The SMILES string of the molecule is Fc1cccc(-c2nc3c(Cc4ccc(Br)cc4)nccc3[nH]2)c1. The molecule has 4 rings (SSSR count). The molecular formula is C19H13BrFN3. The third-order valence-electron chi connectivity index (χ3n) is 3.86. The van der Waals surface area contributed by atoms with Gasteiger partial charge in [0.25, 0.3) is 0 Å². The molecule has 0 saturated carbocycles. The number of fused-ring (bicyclic) bond motifs is 1. The van der Waals surface area contributed by atoms with Crippen LogP contribution in [0.5, 0.6) is 0 Å². The number of hydrogen-bond acceptors (Lipinski definition) is 2. The molecule has 0 aliphatic rings. The van der Waals surface area contributed by atoms with Crippen LogP contribution < -0.4 is 0 Å². The summed E-state index contributed by atoms with van der Waals surface area (Å²) in [6, 6.07) is 16.4. The molecule has 4 aromatic rings. The number of nitrogens with one attached hydrogen (secondary N) is 1. The minimum Gasteiger partial charge on any atom is -0.338 e. The fraction of sp³-hybridized carbons (Fsp3) is 0.0526. The van der Waals surface area contributed by atoms with Gasteiger partial charge >= 0.3 is 0 Å². The minimum atomic E-state index is -0.277. The molecular weight excluding hydrogens is 369 g/mol. The van der Waals surface area contributed by atoms with Crippen molar-refractivity contribution in [3.05, 3.63) is 82.3 Å². The minimum absolute atomic E-state index is 0.277. The number of hydrogen-bond donors (Lipinski definition) is 1. The van der Waals surface area contributed by atoms with E-state index in [2.05, 4.69) is 43.0 Å². The zero-order valence-corrected chi connectivity index (χ0v) is 14.2. The second kappa shape index (κ2) is 6.17. The van der Waals surface area contributed by atoms with Gasteiger partial charge in [0.2, 0.25) is 0 Å². The molecule has 0 fully saturated rings. The Morgan fingerprint density at radius 1 is 1.04 bits per heavy atom. The van der Waals surface area contributed by atoms with Crippen molar-refractivity contribution in [2.24, 2.45) is 0 Å². The van der Waals surface area contributed by atoms with Crippen LogP contribution in [0.1, 0.15) is 11.3 Å². The Hall–Kier alpha value is -2.53. The van der Waals surface area contributed by atoms with E-state index in [1.807, 2.05) is 24.3 Å². The van der Waals surface area contributed by atoms with Gasteiger partial charge in [0, 0.05) is 22.7 Å². The summed E-state index contributed by atoms with van der Waals surface area (Å²) in [4.78, 5) is 12.4. The highest BCUT2D eigenvalue weighted by Crippen LogP contribution is 2.24. The lowest BCUT2D eigenvalue weighted by atomic mass is 10.1. The van der Waals surface area contributed by atoms with Crippen LogP contribution in [0.25, 0.3) is 22.4 Å². The van der Waals surface area contributed by atoms with Gasteiger partial charge in [0.1, 0.15) is 17.2 Å². The van der Waals surface area contributed by atoms with Gasteiger partial charge in [-0.15, -0.1) is 0 Å². The number of aromatic amines is 1. The Balaban J connectivity index is 1.76. The summed E-state index contributed by atoms with van der Waals surface area (Å²) in [5, 5.41) is 0. The maximum absolute atomic E-state index is 13.4. The van der Waals surface area contributed by atoms with Crippen LogP contribution in [0.3, 0.4) is 0 Å². The summed E-state index contributed by atoms with van der Waals surface area (Å²) in [6.07, 6.45) is 2.46. The topological polar surface area (TPSA) is 41.6 Å². The summed E-state index contributed by atoms with van der Waals surface area (Å²) in [5.74, 6) is 0.371. The van der Waals surface area contributed by atoms with Crippen molar-refractivity contribution in [2.45, 2.75) is 6.42 Å². The van der Waals surface area contributed by atoms with Crippen molar-refractivity contribution in [2.75, 3.05) is 0 Å². The van der Waals surface area contributed by atoms with Crippen LogP contribution in [-0.2, 0) is 6.42 Å². The fourth-order valence-electron chi connectivity index (χ4n) is 2.69. The Labute approximate surface area is 146 Å². The van der Waals surface area contributed by atoms with Crippen LogP contribution in [-0.4, -0.2) is 15.0 Å². The molecule has 118 valence electrons. The van der Waals surface area contributed by atoms with Gasteiger partial charge in [0.15, 0.2) is 0 Å². The third kappa shape index (κ3) is 2.95. The van der Waals surface area contributed by atoms with E-state index >= 15 is 0 Å². The predicted octanol–water partition coefficient (Wildman–Crippen LogP) is 5.12. The van der Waals surface area contributed by atoms with E-state index in [1.165, 1.54) is 12.1 Å². The van der Waals surface area contributed by atoms with Crippen LogP contribution in [0.4, 0.5) is 4.39 Å². The van der Waals surface area contributed by atoms with Gasteiger partial charge in [-0.05, 0) is 35.9 Å². The molecule has 0 spiro atoms. The van der Waals surface area contributed by atoms with Crippen molar-refractivity contribution >= 4 is 27.0 Å².